The van der Waals surface area contributed by atoms with Gasteiger partial charge >= 0.3 is 0 Å². The minimum atomic E-state index is -0.0164. The molecule has 0 aliphatic rings. The maximum atomic E-state index is 11.9. The highest BCUT2D eigenvalue weighted by molar-refractivity contribution is 6.30. The molecular formula is C18H21ClN2O2. The van der Waals surface area contributed by atoms with Gasteiger partial charge in [0.1, 0.15) is 5.75 Å². The second-order valence-electron chi connectivity index (χ2n) is 5.16. The highest BCUT2D eigenvalue weighted by Crippen LogP contribution is 2.16. The van der Waals surface area contributed by atoms with Crippen LogP contribution in [0.25, 0.3) is 0 Å². The molecule has 122 valence electrons. The van der Waals surface area contributed by atoms with Crippen LogP contribution in [0.5, 0.6) is 5.75 Å². The van der Waals surface area contributed by atoms with E-state index in [0.29, 0.717) is 13.0 Å². The summed E-state index contributed by atoms with van der Waals surface area (Å²) in [6.45, 7) is 1.47. The number of benzene rings is 2. The molecule has 23 heavy (non-hydrogen) atoms. The maximum absolute atomic E-state index is 11.9. The van der Waals surface area contributed by atoms with E-state index in [1.54, 1.807) is 13.2 Å². The number of rotatable bonds is 8. The van der Waals surface area contributed by atoms with Crippen molar-refractivity contribution >= 4 is 23.2 Å². The average Bonchev–Trinajstić information content (AvgIpc) is 2.56. The summed E-state index contributed by atoms with van der Waals surface area (Å²) in [5, 5.41) is 6.87. The molecule has 0 aliphatic carbocycles. The molecule has 0 aromatic heterocycles. The van der Waals surface area contributed by atoms with Crippen molar-refractivity contribution in [3.8, 4) is 5.75 Å². The van der Waals surface area contributed by atoms with E-state index in [4.69, 9.17) is 16.3 Å². The van der Waals surface area contributed by atoms with Crippen molar-refractivity contribution in [2.24, 2.45) is 0 Å². The van der Waals surface area contributed by atoms with E-state index in [9.17, 15) is 4.79 Å². The standard InChI is InChI=1S/C18H21ClN2O2/c1-23-17-4-2-3-16(13-17)21-18(22)10-12-20-11-9-14-5-7-15(19)8-6-14/h2-8,13,20H,9-12H2,1H3,(H,21,22). The van der Waals surface area contributed by atoms with Gasteiger partial charge in [-0.1, -0.05) is 29.8 Å². The van der Waals surface area contributed by atoms with Crippen molar-refractivity contribution in [1.29, 1.82) is 0 Å². The molecule has 0 aliphatic heterocycles. The molecule has 0 heterocycles. The molecule has 0 saturated carbocycles. The first-order valence-electron chi connectivity index (χ1n) is 7.56. The molecule has 1 amide bonds. The van der Waals surface area contributed by atoms with Crippen LogP contribution in [0.15, 0.2) is 48.5 Å². The second kappa shape index (κ2) is 9.18. The Morgan fingerprint density at radius 1 is 1.13 bits per heavy atom. The predicted octanol–water partition coefficient (Wildman–Crippen LogP) is 3.51. The first kappa shape index (κ1) is 17.3. The van der Waals surface area contributed by atoms with Crippen molar-refractivity contribution in [2.75, 3.05) is 25.5 Å². The first-order chi connectivity index (χ1) is 11.2. The Morgan fingerprint density at radius 3 is 2.65 bits per heavy atom. The van der Waals surface area contributed by atoms with Crippen LogP contribution >= 0.6 is 11.6 Å². The molecule has 0 atom stereocenters. The minimum Gasteiger partial charge on any atom is -0.497 e. The number of hydrogen-bond acceptors (Lipinski definition) is 3. The summed E-state index contributed by atoms with van der Waals surface area (Å²) in [6, 6.07) is 15.1. The summed E-state index contributed by atoms with van der Waals surface area (Å²) in [4.78, 5) is 11.9. The van der Waals surface area contributed by atoms with E-state index < -0.39 is 0 Å². The lowest BCUT2D eigenvalue weighted by Crippen LogP contribution is -2.23. The summed E-state index contributed by atoms with van der Waals surface area (Å²) in [5.74, 6) is 0.709. The number of halogens is 1. The third-order valence-electron chi connectivity index (χ3n) is 3.39. The van der Waals surface area contributed by atoms with Gasteiger partial charge in [-0.3, -0.25) is 4.79 Å². The normalized spacial score (nSPS) is 10.3. The summed E-state index contributed by atoms with van der Waals surface area (Å²) in [7, 11) is 1.60. The van der Waals surface area contributed by atoms with Crippen LogP contribution in [-0.4, -0.2) is 26.1 Å². The molecule has 0 fully saturated rings. The fourth-order valence-electron chi connectivity index (χ4n) is 2.14. The number of methoxy groups -OCH3 is 1. The van der Waals surface area contributed by atoms with Crippen LogP contribution in [-0.2, 0) is 11.2 Å². The van der Waals surface area contributed by atoms with Crippen LogP contribution in [0.4, 0.5) is 5.69 Å². The Kier molecular flexibility index (Phi) is 6.91. The molecule has 2 aromatic carbocycles. The molecule has 0 saturated heterocycles. The summed E-state index contributed by atoms with van der Waals surface area (Å²) >= 11 is 5.85. The van der Waals surface area contributed by atoms with Gasteiger partial charge in [0, 0.05) is 29.7 Å². The maximum Gasteiger partial charge on any atom is 0.225 e. The zero-order valence-corrected chi connectivity index (χ0v) is 13.9. The lowest BCUT2D eigenvalue weighted by atomic mass is 10.1. The summed E-state index contributed by atoms with van der Waals surface area (Å²) < 4.78 is 5.13. The molecule has 2 aromatic rings. The topological polar surface area (TPSA) is 50.4 Å². The fourth-order valence-corrected chi connectivity index (χ4v) is 2.26. The number of ether oxygens (including phenoxy) is 1. The van der Waals surface area contributed by atoms with Crippen molar-refractivity contribution in [3.05, 3.63) is 59.1 Å². The molecule has 0 bridgehead atoms. The molecule has 5 heteroatoms. The number of amides is 1. The number of carbonyl (C=O) groups excluding carboxylic acids is 1. The van der Waals surface area contributed by atoms with Crippen LogP contribution < -0.4 is 15.4 Å². The third-order valence-corrected chi connectivity index (χ3v) is 3.64. The molecule has 0 radical (unpaired) electrons. The molecule has 0 unspecified atom stereocenters. The summed E-state index contributed by atoms with van der Waals surface area (Å²) in [5.41, 5.74) is 1.97. The van der Waals surface area contributed by atoms with E-state index in [-0.39, 0.29) is 5.91 Å². The van der Waals surface area contributed by atoms with E-state index in [1.807, 2.05) is 42.5 Å². The number of nitrogens with one attached hydrogen (secondary N) is 2. The predicted molar refractivity (Wildman–Crippen MR) is 94.3 cm³/mol. The number of hydrogen-bond donors (Lipinski definition) is 2. The number of carbonyl (C=O) groups is 1. The Hall–Kier alpha value is -2.04. The largest absolute Gasteiger partial charge is 0.497 e. The van der Waals surface area contributed by atoms with Crippen LogP contribution in [0, 0.1) is 0 Å². The van der Waals surface area contributed by atoms with Crippen molar-refractivity contribution < 1.29 is 9.53 Å². The van der Waals surface area contributed by atoms with Gasteiger partial charge in [0.2, 0.25) is 5.91 Å². The van der Waals surface area contributed by atoms with Gasteiger partial charge in [-0.2, -0.15) is 0 Å². The van der Waals surface area contributed by atoms with Gasteiger partial charge in [-0.15, -0.1) is 0 Å². The van der Waals surface area contributed by atoms with E-state index in [2.05, 4.69) is 10.6 Å². The monoisotopic (exact) mass is 332 g/mol. The third kappa shape index (κ3) is 6.30. The summed E-state index contributed by atoms with van der Waals surface area (Å²) in [6.07, 6.45) is 1.34. The van der Waals surface area contributed by atoms with E-state index in [0.717, 1.165) is 29.4 Å². The van der Waals surface area contributed by atoms with E-state index >= 15 is 0 Å². The second-order valence-corrected chi connectivity index (χ2v) is 5.59. The van der Waals surface area contributed by atoms with Crippen molar-refractivity contribution in [2.45, 2.75) is 12.8 Å². The molecule has 2 rings (SSSR count). The molecule has 4 nitrogen and oxygen atoms in total. The number of anilines is 1. The quantitative estimate of drug-likeness (QED) is 0.727. The fraction of sp³-hybridized carbons (Fsp3) is 0.278. The van der Waals surface area contributed by atoms with E-state index in [1.165, 1.54) is 5.56 Å². The SMILES string of the molecule is COc1cccc(NC(=O)CCNCCc2ccc(Cl)cc2)c1. The van der Waals surface area contributed by atoms with Gasteiger partial charge in [0.05, 0.1) is 7.11 Å². The Morgan fingerprint density at radius 2 is 1.91 bits per heavy atom. The minimum absolute atomic E-state index is 0.0164. The Balaban J connectivity index is 1.63. The Labute approximate surface area is 141 Å². The van der Waals surface area contributed by atoms with Crippen molar-refractivity contribution in [3.63, 3.8) is 0 Å². The van der Waals surface area contributed by atoms with Gasteiger partial charge in [-0.25, -0.2) is 0 Å². The van der Waals surface area contributed by atoms with Gasteiger partial charge in [0.25, 0.3) is 0 Å². The average molecular weight is 333 g/mol. The zero-order valence-electron chi connectivity index (χ0n) is 13.1. The molecule has 2 N–H and O–H groups in total. The Bertz CT molecular complexity index is 629. The van der Waals surface area contributed by atoms with Gasteiger partial charge < -0.3 is 15.4 Å². The molecular weight excluding hydrogens is 312 g/mol. The zero-order chi connectivity index (χ0) is 16.5. The van der Waals surface area contributed by atoms with Crippen LogP contribution in [0.2, 0.25) is 5.02 Å². The highest BCUT2D eigenvalue weighted by Gasteiger charge is 2.03. The first-order valence-corrected chi connectivity index (χ1v) is 7.94. The van der Waals surface area contributed by atoms with Gasteiger partial charge in [0.15, 0.2) is 0 Å². The highest BCUT2D eigenvalue weighted by atomic mass is 35.5. The molecule has 0 spiro atoms. The lowest BCUT2D eigenvalue weighted by Gasteiger charge is -2.08. The lowest BCUT2D eigenvalue weighted by molar-refractivity contribution is -0.116. The van der Waals surface area contributed by atoms with Crippen LogP contribution in [0.1, 0.15) is 12.0 Å². The smallest absolute Gasteiger partial charge is 0.225 e. The van der Waals surface area contributed by atoms with Gasteiger partial charge in [-0.05, 0) is 42.8 Å². The van der Waals surface area contributed by atoms with Crippen LogP contribution in [0.3, 0.4) is 0 Å². The van der Waals surface area contributed by atoms with Crippen molar-refractivity contribution in [1.82, 2.24) is 5.32 Å².